The SMILES string of the molecule is COc1cnn(CCN(C)C)c1C1=CC(=O)CCC1. The molecule has 1 aromatic heterocycles. The predicted octanol–water partition coefficient (Wildman–Crippen LogP) is 1.59. The summed E-state index contributed by atoms with van der Waals surface area (Å²) < 4.78 is 7.31. The van der Waals surface area contributed by atoms with Crippen LogP contribution in [0.3, 0.4) is 0 Å². The average molecular weight is 263 g/mol. The first kappa shape index (κ1) is 13.8. The van der Waals surface area contributed by atoms with Gasteiger partial charge in [-0.1, -0.05) is 0 Å². The molecule has 5 heteroatoms. The Morgan fingerprint density at radius 1 is 1.42 bits per heavy atom. The molecule has 0 spiro atoms. The second-order valence-corrected chi connectivity index (χ2v) is 5.08. The number of carbonyl (C=O) groups is 1. The Labute approximate surface area is 113 Å². The minimum absolute atomic E-state index is 0.198. The highest BCUT2D eigenvalue weighted by Crippen LogP contribution is 2.31. The van der Waals surface area contributed by atoms with Crippen LogP contribution < -0.4 is 4.74 Å². The van der Waals surface area contributed by atoms with Crippen LogP contribution in [0.5, 0.6) is 5.75 Å². The van der Waals surface area contributed by atoms with Gasteiger partial charge in [-0.3, -0.25) is 9.48 Å². The van der Waals surface area contributed by atoms with Crippen LogP contribution in [0, 0.1) is 0 Å². The summed E-state index contributed by atoms with van der Waals surface area (Å²) in [5.74, 6) is 0.948. The largest absolute Gasteiger partial charge is 0.493 e. The molecule has 0 saturated carbocycles. The van der Waals surface area contributed by atoms with E-state index in [1.54, 1.807) is 19.4 Å². The van der Waals surface area contributed by atoms with Gasteiger partial charge in [0.25, 0.3) is 0 Å². The van der Waals surface area contributed by atoms with Gasteiger partial charge in [-0.15, -0.1) is 0 Å². The smallest absolute Gasteiger partial charge is 0.164 e. The minimum Gasteiger partial charge on any atom is -0.493 e. The maximum atomic E-state index is 11.6. The molecule has 0 atom stereocenters. The Kier molecular flexibility index (Phi) is 4.37. The Morgan fingerprint density at radius 2 is 2.21 bits per heavy atom. The van der Waals surface area contributed by atoms with E-state index in [4.69, 9.17) is 4.74 Å². The lowest BCUT2D eigenvalue weighted by Crippen LogP contribution is -2.20. The Balaban J connectivity index is 2.30. The van der Waals surface area contributed by atoms with E-state index in [0.717, 1.165) is 42.9 Å². The second-order valence-electron chi connectivity index (χ2n) is 5.08. The molecule has 1 heterocycles. The van der Waals surface area contributed by atoms with Gasteiger partial charge in [0.15, 0.2) is 11.5 Å². The molecule has 0 aromatic carbocycles. The van der Waals surface area contributed by atoms with E-state index in [2.05, 4.69) is 10.00 Å². The van der Waals surface area contributed by atoms with Gasteiger partial charge in [-0.05, 0) is 38.6 Å². The zero-order chi connectivity index (χ0) is 13.8. The van der Waals surface area contributed by atoms with Crippen molar-refractivity contribution in [2.75, 3.05) is 27.7 Å². The van der Waals surface area contributed by atoms with E-state index in [1.807, 2.05) is 18.8 Å². The first-order chi connectivity index (χ1) is 9.11. The van der Waals surface area contributed by atoms with Gasteiger partial charge in [-0.2, -0.15) is 5.10 Å². The van der Waals surface area contributed by atoms with Crippen LogP contribution in [0.1, 0.15) is 25.0 Å². The summed E-state index contributed by atoms with van der Waals surface area (Å²) in [6.07, 6.45) is 5.94. The number of ketones is 1. The number of nitrogens with zero attached hydrogens (tertiary/aromatic N) is 3. The topological polar surface area (TPSA) is 47.4 Å². The number of methoxy groups -OCH3 is 1. The fourth-order valence-corrected chi connectivity index (χ4v) is 2.28. The van der Waals surface area contributed by atoms with Crippen LogP contribution in [0.2, 0.25) is 0 Å². The van der Waals surface area contributed by atoms with Crippen molar-refractivity contribution in [3.8, 4) is 5.75 Å². The minimum atomic E-state index is 0.198. The molecular weight excluding hydrogens is 242 g/mol. The van der Waals surface area contributed by atoms with Crippen molar-refractivity contribution in [3.63, 3.8) is 0 Å². The number of likely N-dealkylation sites (N-methyl/N-ethyl adjacent to an activating group) is 1. The van der Waals surface area contributed by atoms with Gasteiger partial charge in [-0.25, -0.2) is 0 Å². The van der Waals surface area contributed by atoms with Gasteiger partial charge < -0.3 is 9.64 Å². The second kappa shape index (κ2) is 6.02. The maximum Gasteiger partial charge on any atom is 0.164 e. The van der Waals surface area contributed by atoms with E-state index >= 15 is 0 Å². The number of rotatable bonds is 5. The quantitative estimate of drug-likeness (QED) is 0.809. The zero-order valence-electron chi connectivity index (χ0n) is 11.8. The molecule has 19 heavy (non-hydrogen) atoms. The Hall–Kier alpha value is -1.62. The van der Waals surface area contributed by atoms with E-state index in [1.165, 1.54) is 0 Å². The van der Waals surface area contributed by atoms with Gasteiger partial charge >= 0.3 is 0 Å². The first-order valence-electron chi connectivity index (χ1n) is 6.60. The van der Waals surface area contributed by atoms with E-state index in [-0.39, 0.29) is 5.78 Å². The number of ether oxygens (including phenoxy) is 1. The number of hydrogen-bond donors (Lipinski definition) is 0. The predicted molar refractivity (Wildman–Crippen MR) is 74.2 cm³/mol. The van der Waals surface area contributed by atoms with Crippen molar-refractivity contribution in [1.82, 2.24) is 14.7 Å². The summed E-state index contributed by atoms with van der Waals surface area (Å²) in [7, 11) is 5.70. The number of aromatic nitrogens is 2. The van der Waals surface area contributed by atoms with Crippen LogP contribution in [0.15, 0.2) is 12.3 Å². The maximum absolute atomic E-state index is 11.6. The third-order valence-corrected chi connectivity index (χ3v) is 3.29. The van der Waals surface area contributed by atoms with E-state index in [9.17, 15) is 4.79 Å². The van der Waals surface area contributed by atoms with Crippen LogP contribution in [0.4, 0.5) is 0 Å². The summed E-state index contributed by atoms with van der Waals surface area (Å²) in [6, 6.07) is 0. The normalized spacial score (nSPS) is 15.8. The Morgan fingerprint density at radius 3 is 2.84 bits per heavy atom. The number of hydrogen-bond acceptors (Lipinski definition) is 4. The molecular formula is C14H21N3O2. The van der Waals surface area contributed by atoms with E-state index < -0.39 is 0 Å². The molecule has 0 saturated heterocycles. The first-order valence-corrected chi connectivity index (χ1v) is 6.60. The summed E-state index contributed by atoms with van der Waals surface area (Å²) in [5.41, 5.74) is 2.00. The van der Waals surface area contributed by atoms with Crippen molar-refractivity contribution in [3.05, 3.63) is 18.0 Å². The fourth-order valence-electron chi connectivity index (χ4n) is 2.28. The van der Waals surface area contributed by atoms with Gasteiger partial charge in [0.2, 0.25) is 0 Å². The standard InChI is InChI=1S/C14H21N3O2/c1-16(2)7-8-17-14(13(19-3)10-15-17)11-5-4-6-12(18)9-11/h9-10H,4-8H2,1-3H3. The Bertz CT molecular complexity index is 489. The molecule has 1 aliphatic rings. The number of carbonyl (C=O) groups excluding carboxylic acids is 1. The van der Waals surface area contributed by atoms with E-state index in [0.29, 0.717) is 6.42 Å². The van der Waals surface area contributed by atoms with Crippen molar-refractivity contribution in [1.29, 1.82) is 0 Å². The van der Waals surface area contributed by atoms with Crippen molar-refractivity contribution in [2.45, 2.75) is 25.8 Å². The molecule has 0 aliphatic heterocycles. The highest BCUT2D eigenvalue weighted by Gasteiger charge is 2.19. The van der Waals surface area contributed by atoms with Crippen molar-refractivity contribution < 1.29 is 9.53 Å². The number of allylic oxidation sites excluding steroid dienone is 2. The molecule has 104 valence electrons. The van der Waals surface area contributed by atoms with Crippen LogP contribution in [0.25, 0.3) is 5.57 Å². The molecule has 1 aliphatic carbocycles. The molecule has 1 aromatic rings. The highest BCUT2D eigenvalue weighted by molar-refractivity contribution is 5.98. The summed E-state index contributed by atoms with van der Waals surface area (Å²) in [5, 5.41) is 4.37. The van der Waals surface area contributed by atoms with Gasteiger partial charge in [0, 0.05) is 13.0 Å². The lowest BCUT2D eigenvalue weighted by Gasteiger charge is -2.16. The third-order valence-electron chi connectivity index (χ3n) is 3.29. The van der Waals surface area contributed by atoms with Gasteiger partial charge in [0.05, 0.1) is 19.9 Å². The fraction of sp³-hybridized carbons (Fsp3) is 0.571. The monoisotopic (exact) mass is 263 g/mol. The molecule has 2 rings (SSSR count). The molecule has 5 nitrogen and oxygen atoms in total. The van der Waals surface area contributed by atoms with Crippen LogP contribution >= 0.6 is 0 Å². The lowest BCUT2D eigenvalue weighted by molar-refractivity contribution is -0.114. The summed E-state index contributed by atoms with van der Waals surface area (Å²) in [6.45, 7) is 1.69. The zero-order valence-corrected chi connectivity index (χ0v) is 11.8. The van der Waals surface area contributed by atoms with Crippen LogP contribution in [-0.2, 0) is 11.3 Å². The molecule has 0 N–H and O–H groups in total. The van der Waals surface area contributed by atoms with Crippen molar-refractivity contribution >= 4 is 11.4 Å². The molecule has 0 bridgehead atoms. The van der Waals surface area contributed by atoms with Gasteiger partial charge in [0.1, 0.15) is 5.69 Å². The third kappa shape index (κ3) is 3.23. The molecule has 0 radical (unpaired) electrons. The van der Waals surface area contributed by atoms with Crippen LogP contribution in [-0.4, -0.2) is 48.2 Å². The molecule has 0 fully saturated rings. The highest BCUT2D eigenvalue weighted by atomic mass is 16.5. The lowest BCUT2D eigenvalue weighted by atomic mass is 9.96. The molecule has 0 unspecified atom stereocenters. The summed E-state index contributed by atoms with van der Waals surface area (Å²) >= 11 is 0. The van der Waals surface area contributed by atoms with Crippen molar-refractivity contribution in [2.24, 2.45) is 0 Å². The molecule has 0 amide bonds. The average Bonchev–Trinajstić information content (AvgIpc) is 2.79. The summed E-state index contributed by atoms with van der Waals surface area (Å²) in [4.78, 5) is 13.7.